The van der Waals surface area contributed by atoms with E-state index in [-0.39, 0.29) is 6.61 Å². The summed E-state index contributed by atoms with van der Waals surface area (Å²) in [6, 6.07) is 15.9. The van der Waals surface area contributed by atoms with Crippen LogP contribution >= 0.6 is 0 Å². The summed E-state index contributed by atoms with van der Waals surface area (Å²) >= 11 is 0. The molecule has 0 amide bonds. The zero-order valence-corrected chi connectivity index (χ0v) is 16.5. The summed E-state index contributed by atoms with van der Waals surface area (Å²) in [5.74, 6) is 0.211. The minimum absolute atomic E-state index is 0.261. The smallest absolute Gasteiger partial charge is 0.345 e. The predicted molar refractivity (Wildman–Crippen MR) is 110 cm³/mol. The number of carbonyl (C=O) groups excluding carboxylic acids is 1. The van der Waals surface area contributed by atoms with E-state index in [1.54, 1.807) is 6.92 Å². The summed E-state index contributed by atoms with van der Waals surface area (Å²) in [4.78, 5) is 12.4. The van der Waals surface area contributed by atoms with Gasteiger partial charge in [0.1, 0.15) is 18.4 Å². The van der Waals surface area contributed by atoms with Crippen molar-refractivity contribution in [1.82, 2.24) is 0 Å². The number of carbonyl (C=O) groups is 1. The molecule has 0 aromatic heterocycles. The van der Waals surface area contributed by atoms with Gasteiger partial charge in [-0.25, -0.2) is 9.53 Å². The van der Waals surface area contributed by atoms with Crippen LogP contribution < -0.4 is 4.74 Å². The molecule has 2 aromatic rings. The van der Waals surface area contributed by atoms with Gasteiger partial charge in [-0.15, -0.1) is 0 Å². The predicted octanol–water partition coefficient (Wildman–Crippen LogP) is 3.98. The molecule has 0 radical (unpaired) electrons. The second kappa shape index (κ2) is 8.74. The fourth-order valence-corrected chi connectivity index (χ4v) is 3.47. The van der Waals surface area contributed by atoms with Gasteiger partial charge < -0.3 is 14.7 Å². The highest BCUT2D eigenvalue weighted by Gasteiger charge is 2.36. The first-order valence-electron chi connectivity index (χ1n) is 9.50. The van der Waals surface area contributed by atoms with E-state index in [9.17, 15) is 10.0 Å². The SMILES string of the molecule is CCOC(=O)C1=C(C)c2ccc(OCCCc3ccccc3)cc2/C1=[N+](/C)[O-]. The van der Waals surface area contributed by atoms with Crippen molar-refractivity contribution in [2.45, 2.75) is 26.7 Å². The zero-order chi connectivity index (χ0) is 20.1. The highest BCUT2D eigenvalue weighted by molar-refractivity contribution is 6.33. The first kappa shape index (κ1) is 19.7. The standard InChI is InChI=1S/C23H25NO4/c1-4-27-23(25)21-16(2)19-13-12-18(15-20(19)22(21)24(3)26)28-14-8-11-17-9-6-5-7-10-17/h5-7,9-10,12-13,15H,4,8,11,14H2,1-3H3/b24-22+. The Labute approximate surface area is 165 Å². The number of ether oxygens (including phenoxy) is 2. The van der Waals surface area contributed by atoms with Crippen molar-refractivity contribution in [2.75, 3.05) is 20.3 Å². The number of hydrogen-bond donors (Lipinski definition) is 0. The number of esters is 1. The van der Waals surface area contributed by atoms with E-state index >= 15 is 0 Å². The molecule has 0 spiro atoms. The van der Waals surface area contributed by atoms with E-state index in [0.29, 0.717) is 29.2 Å². The summed E-state index contributed by atoms with van der Waals surface area (Å²) < 4.78 is 11.8. The van der Waals surface area contributed by atoms with Crippen molar-refractivity contribution in [3.8, 4) is 5.75 Å². The minimum atomic E-state index is -0.473. The van der Waals surface area contributed by atoms with Crippen molar-refractivity contribution in [1.29, 1.82) is 0 Å². The van der Waals surface area contributed by atoms with Crippen LogP contribution in [0.4, 0.5) is 0 Å². The highest BCUT2D eigenvalue weighted by atomic mass is 16.5. The Balaban J connectivity index is 1.74. The summed E-state index contributed by atoms with van der Waals surface area (Å²) in [6.45, 7) is 4.42. The number of fused-ring (bicyclic) bond motifs is 1. The number of benzene rings is 2. The Morgan fingerprint density at radius 1 is 1.11 bits per heavy atom. The largest absolute Gasteiger partial charge is 0.624 e. The lowest BCUT2D eigenvalue weighted by Crippen LogP contribution is -2.21. The van der Waals surface area contributed by atoms with Gasteiger partial charge in [-0.05, 0) is 55.5 Å². The fraction of sp³-hybridized carbons (Fsp3) is 0.304. The van der Waals surface area contributed by atoms with E-state index in [0.717, 1.165) is 28.7 Å². The van der Waals surface area contributed by atoms with Gasteiger partial charge in [0.2, 0.25) is 5.71 Å². The summed E-state index contributed by atoms with van der Waals surface area (Å²) in [7, 11) is 1.39. The second-order valence-electron chi connectivity index (χ2n) is 6.71. The van der Waals surface area contributed by atoms with Gasteiger partial charge in [-0.1, -0.05) is 36.4 Å². The van der Waals surface area contributed by atoms with E-state index in [1.165, 1.54) is 12.6 Å². The first-order chi connectivity index (χ1) is 13.5. The monoisotopic (exact) mass is 379 g/mol. The average molecular weight is 379 g/mol. The van der Waals surface area contributed by atoms with E-state index in [2.05, 4.69) is 12.1 Å². The summed E-state index contributed by atoms with van der Waals surface area (Å²) in [6.07, 6.45) is 1.84. The van der Waals surface area contributed by atoms with E-state index in [1.807, 2.05) is 43.3 Å². The normalized spacial score (nSPS) is 14.7. The molecule has 1 aliphatic rings. The van der Waals surface area contributed by atoms with Gasteiger partial charge in [0.25, 0.3) is 0 Å². The molecule has 1 aliphatic carbocycles. The molecule has 146 valence electrons. The molecule has 5 nitrogen and oxygen atoms in total. The molecule has 0 N–H and O–H groups in total. The van der Waals surface area contributed by atoms with Crippen molar-refractivity contribution in [3.63, 3.8) is 0 Å². The molecule has 0 unspecified atom stereocenters. The van der Waals surface area contributed by atoms with Gasteiger partial charge in [-0.2, -0.15) is 0 Å². The molecule has 0 fully saturated rings. The molecule has 5 heteroatoms. The van der Waals surface area contributed by atoms with Crippen molar-refractivity contribution < 1.29 is 19.0 Å². The second-order valence-corrected chi connectivity index (χ2v) is 6.71. The molecule has 0 saturated heterocycles. The lowest BCUT2D eigenvalue weighted by molar-refractivity contribution is -0.421. The van der Waals surface area contributed by atoms with Crippen LogP contribution in [0.3, 0.4) is 0 Å². The van der Waals surface area contributed by atoms with Crippen LogP contribution in [0.5, 0.6) is 5.75 Å². The van der Waals surface area contributed by atoms with E-state index in [4.69, 9.17) is 9.47 Å². The van der Waals surface area contributed by atoms with Gasteiger partial charge in [0.05, 0.1) is 18.8 Å². The maximum atomic E-state index is 12.4. The lowest BCUT2D eigenvalue weighted by atomic mass is 10.1. The molecule has 3 rings (SSSR count). The van der Waals surface area contributed by atoms with Gasteiger partial charge in [0, 0.05) is 0 Å². The van der Waals surface area contributed by atoms with Crippen molar-refractivity contribution >= 4 is 17.3 Å². The van der Waals surface area contributed by atoms with Crippen LogP contribution in [-0.2, 0) is 16.0 Å². The number of rotatable bonds is 7. The molecule has 0 heterocycles. The Morgan fingerprint density at radius 2 is 1.86 bits per heavy atom. The number of aryl methyl sites for hydroxylation is 1. The minimum Gasteiger partial charge on any atom is -0.624 e. The third-order valence-electron chi connectivity index (χ3n) is 4.78. The number of hydroxylamine groups is 1. The number of nitrogens with zero attached hydrogens (tertiary/aromatic N) is 1. The molecule has 0 atom stereocenters. The fourth-order valence-electron chi connectivity index (χ4n) is 3.47. The van der Waals surface area contributed by atoms with Gasteiger partial charge in [-0.3, -0.25) is 0 Å². The summed E-state index contributed by atoms with van der Waals surface area (Å²) in [5, 5.41) is 12.2. The number of hydrogen-bond acceptors (Lipinski definition) is 4. The van der Waals surface area contributed by atoms with Crippen LogP contribution in [0.1, 0.15) is 37.0 Å². The Kier molecular flexibility index (Phi) is 6.14. The maximum absolute atomic E-state index is 12.4. The van der Waals surface area contributed by atoms with Crippen molar-refractivity contribution in [3.05, 3.63) is 76.0 Å². The molecule has 0 bridgehead atoms. The molecule has 2 aromatic carbocycles. The Bertz CT molecular complexity index is 925. The molecular weight excluding hydrogens is 354 g/mol. The topological polar surface area (TPSA) is 61.6 Å². The quantitative estimate of drug-likeness (QED) is 0.240. The Morgan fingerprint density at radius 3 is 2.54 bits per heavy atom. The van der Waals surface area contributed by atoms with Gasteiger partial charge in [0.15, 0.2) is 0 Å². The third-order valence-corrected chi connectivity index (χ3v) is 4.78. The highest BCUT2D eigenvalue weighted by Crippen LogP contribution is 2.35. The molecular formula is C23H25NO4. The van der Waals surface area contributed by atoms with Crippen LogP contribution in [0.15, 0.2) is 54.1 Å². The maximum Gasteiger partial charge on any atom is 0.345 e. The molecule has 28 heavy (non-hydrogen) atoms. The van der Waals surface area contributed by atoms with Crippen LogP contribution in [0.25, 0.3) is 5.57 Å². The van der Waals surface area contributed by atoms with E-state index < -0.39 is 5.97 Å². The third kappa shape index (κ3) is 4.09. The summed E-state index contributed by atoms with van der Waals surface area (Å²) in [5.41, 5.74) is 4.26. The van der Waals surface area contributed by atoms with Gasteiger partial charge >= 0.3 is 5.97 Å². The lowest BCUT2D eigenvalue weighted by Gasteiger charge is -2.10. The van der Waals surface area contributed by atoms with Crippen molar-refractivity contribution in [2.24, 2.45) is 0 Å². The average Bonchev–Trinajstić information content (AvgIpc) is 2.98. The molecule has 0 aliphatic heterocycles. The first-order valence-corrected chi connectivity index (χ1v) is 9.50. The Hall–Kier alpha value is -3.08. The zero-order valence-electron chi connectivity index (χ0n) is 16.5. The number of allylic oxidation sites excluding steroid dienone is 1. The van der Waals surface area contributed by atoms with Crippen LogP contribution in [0, 0.1) is 5.21 Å². The molecule has 0 saturated carbocycles. The van der Waals surface area contributed by atoms with Crippen LogP contribution in [0.2, 0.25) is 0 Å². The van der Waals surface area contributed by atoms with Crippen LogP contribution in [-0.4, -0.2) is 36.7 Å².